The second-order valence-corrected chi connectivity index (χ2v) is 6.54. The number of aromatic nitrogens is 1. The number of hydrogen-bond acceptors (Lipinski definition) is 5. The van der Waals surface area contributed by atoms with Crippen molar-refractivity contribution in [2.45, 2.75) is 6.92 Å². The molecule has 0 aliphatic heterocycles. The standard InChI is InChI=1S/C19H13Cl2FN2O4/c1-9-15(17(24-28-9)16-12(21)4-3-5-13(16)22)18(25)23-14-8-10(20)6-7-11(14)19(26)27-2/h3-8H,1-2H3,(H,23,25). The highest BCUT2D eigenvalue weighted by Crippen LogP contribution is 2.34. The van der Waals surface area contributed by atoms with E-state index in [1.807, 2.05) is 0 Å². The van der Waals surface area contributed by atoms with Crippen molar-refractivity contribution in [3.8, 4) is 11.3 Å². The molecule has 6 nitrogen and oxygen atoms in total. The van der Waals surface area contributed by atoms with Crippen molar-refractivity contribution < 1.29 is 23.2 Å². The normalized spacial score (nSPS) is 10.6. The van der Waals surface area contributed by atoms with Gasteiger partial charge >= 0.3 is 5.97 Å². The molecule has 28 heavy (non-hydrogen) atoms. The third-order valence-electron chi connectivity index (χ3n) is 3.92. The number of benzene rings is 2. The molecule has 0 aliphatic rings. The van der Waals surface area contributed by atoms with Crippen LogP contribution in [-0.4, -0.2) is 24.1 Å². The molecule has 0 saturated carbocycles. The molecule has 0 atom stereocenters. The van der Waals surface area contributed by atoms with E-state index in [9.17, 15) is 14.0 Å². The molecule has 2 aromatic carbocycles. The van der Waals surface area contributed by atoms with Gasteiger partial charge in [-0.2, -0.15) is 0 Å². The fourth-order valence-electron chi connectivity index (χ4n) is 2.63. The SMILES string of the molecule is COC(=O)c1ccc(Cl)cc1NC(=O)c1c(-c2c(F)cccc2Cl)noc1C. The minimum Gasteiger partial charge on any atom is -0.465 e. The van der Waals surface area contributed by atoms with Gasteiger partial charge in [0.1, 0.15) is 22.8 Å². The molecular formula is C19H13Cl2FN2O4. The summed E-state index contributed by atoms with van der Waals surface area (Å²) in [6.07, 6.45) is 0. The van der Waals surface area contributed by atoms with E-state index in [1.54, 1.807) is 0 Å². The summed E-state index contributed by atoms with van der Waals surface area (Å²) >= 11 is 12.1. The molecule has 1 heterocycles. The Kier molecular flexibility index (Phi) is 5.67. The van der Waals surface area contributed by atoms with Gasteiger partial charge in [0.25, 0.3) is 5.91 Å². The maximum Gasteiger partial charge on any atom is 0.339 e. The first-order valence-electron chi connectivity index (χ1n) is 7.93. The molecule has 1 aromatic heterocycles. The van der Waals surface area contributed by atoms with Crippen molar-refractivity contribution in [2.24, 2.45) is 0 Å². The number of anilines is 1. The number of methoxy groups -OCH3 is 1. The molecule has 0 aliphatic carbocycles. The van der Waals surface area contributed by atoms with Gasteiger partial charge in [0, 0.05) is 5.02 Å². The van der Waals surface area contributed by atoms with Crippen molar-refractivity contribution in [3.05, 3.63) is 69.1 Å². The second kappa shape index (κ2) is 8.00. The molecule has 1 amide bonds. The van der Waals surface area contributed by atoms with Gasteiger partial charge in [-0.15, -0.1) is 0 Å². The van der Waals surface area contributed by atoms with Crippen LogP contribution in [0.15, 0.2) is 40.9 Å². The average molecular weight is 423 g/mol. The van der Waals surface area contributed by atoms with Gasteiger partial charge in [-0.3, -0.25) is 4.79 Å². The maximum absolute atomic E-state index is 14.3. The average Bonchev–Trinajstić information content (AvgIpc) is 3.02. The smallest absolute Gasteiger partial charge is 0.339 e. The van der Waals surface area contributed by atoms with Gasteiger partial charge < -0.3 is 14.6 Å². The highest BCUT2D eigenvalue weighted by Gasteiger charge is 2.26. The van der Waals surface area contributed by atoms with Crippen LogP contribution in [0.25, 0.3) is 11.3 Å². The van der Waals surface area contributed by atoms with Crippen LogP contribution in [-0.2, 0) is 4.74 Å². The van der Waals surface area contributed by atoms with Gasteiger partial charge in [0.2, 0.25) is 0 Å². The van der Waals surface area contributed by atoms with Crippen LogP contribution in [0.1, 0.15) is 26.5 Å². The van der Waals surface area contributed by atoms with E-state index in [4.69, 9.17) is 32.5 Å². The number of amides is 1. The topological polar surface area (TPSA) is 81.4 Å². The molecule has 9 heteroatoms. The number of nitrogens with one attached hydrogen (secondary N) is 1. The summed E-state index contributed by atoms with van der Waals surface area (Å²) in [6, 6.07) is 8.39. The van der Waals surface area contributed by atoms with E-state index < -0.39 is 17.7 Å². The Morgan fingerprint density at radius 2 is 1.96 bits per heavy atom. The molecule has 144 valence electrons. The second-order valence-electron chi connectivity index (χ2n) is 5.69. The van der Waals surface area contributed by atoms with Crippen LogP contribution in [0.4, 0.5) is 10.1 Å². The molecule has 0 fully saturated rings. The molecule has 0 saturated heterocycles. The largest absolute Gasteiger partial charge is 0.465 e. The summed E-state index contributed by atoms with van der Waals surface area (Å²) in [5.74, 6) is -1.85. The van der Waals surface area contributed by atoms with E-state index in [-0.39, 0.29) is 38.9 Å². The molecular weight excluding hydrogens is 410 g/mol. The van der Waals surface area contributed by atoms with Crippen LogP contribution in [0.5, 0.6) is 0 Å². The highest BCUT2D eigenvalue weighted by atomic mass is 35.5. The Hall–Kier alpha value is -2.90. The van der Waals surface area contributed by atoms with Gasteiger partial charge in [0.05, 0.1) is 28.9 Å². The third kappa shape index (κ3) is 3.72. The Morgan fingerprint density at radius 3 is 2.64 bits per heavy atom. The zero-order valence-electron chi connectivity index (χ0n) is 14.7. The number of ether oxygens (including phenoxy) is 1. The first-order chi connectivity index (χ1) is 13.3. The van der Waals surface area contributed by atoms with Gasteiger partial charge in [-0.25, -0.2) is 9.18 Å². The van der Waals surface area contributed by atoms with E-state index >= 15 is 0 Å². The predicted octanol–water partition coefficient (Wildman–Crippen LogP) is 5.13. The number of halogens is 3. The lowest BCUT2D eigenvalue weighted by atomic mass is 10.0. The number of rotatable bonds is 4. The molecule has 0 bridgehead atoms. The number of aryl methyl sites for hydroxylation is 1. The van der Waals surface area contributed by atoms with E-state index in [1.165, 1.54) is 50.4 Å². The van der Waals surface area contributed by atoms with Crippen LogP contribution in [0.3, 0.4) is 0 Å². The summed E-state index contributed by atoms with van der Waals surface area (Å²) in [6.45, 7) is 1.50. The fraction of sp³-hybridized carbons (Fsp3) is 0.105. The lowest BCUT2D eigenvalue weighted by Crippen LogP contribution is -2.16. The number of hydrogen-bond donors (Lipinski definition) is 1. The summed E-state index contributed by atoms with van der Waals surface area (Å²) in [5, 5.41) is 6.72. The third-order valence-corrected chi connectivity index (χ3v) is 4.47. The first-order valence-corrected chi connectivity index (χ1v) is 8.69. The number of carbonyl (C=O) groups is 2. The Balaban J connectivity index is 2.06. The van der Waals surface area contributed by atoms with Crippen molar-refractivity contribution in [1.82, 2.24) is 5.16 Å². The summed E-state index contributed by atoms with van der Waals surface area (Å²) in [4.78, 5) is 24.9. The minimum absolute atomic E-state index is 0.0252. The summed E-state index contributed by atoms with van der Waals surface area (Å²) in [7, 11) is 1.21. The number of esters is 1. The van der Waals surface area contributed by atoms with Gasteiger partial charge in [-0.05, 0) is 37.3 Å². The predicted molar refractivity (Wildman–Crippen MR) is 102 cm³/mol. The summed E-state index contributed by atoms with van der Waals surface area (Å²) < 4.78 is 24.1. The van der Waals surface area contributed by atoms with Crippen LogP contribution >= 0.6 is 23.2 Å². The monoisotopic (exact) mass is 422 g/mol. The number of carbonyl (C=O) groups excluding carboxylic acids is 2. The van der Waals surface area contributed by atoms with Crippen molar-refractivity contribution >= 4 is 40.8 Å². The minimum atomic E-state index is -0.680. The Morgan fingerprint density at radius 1 is 1.21 bits per heavy atom. The maximum atomic E-state index is 14.3. The van der Waals surface area contributed by atoms with Crippen LogP contribution in [0, 0.1) is 12.7 Å². The van der Waals surface area contributed by atoms with Gasteiger partial charge in [-0.1, -0.05) is 34.4 Å². The van der Waals surface area contributed by atoms with Gasteiger partial charge in [0.15, 0.2) is 0 Å². The molecule has 0 spiro atoms. The van der Waals surface area contributed by atoms with E-state index in [2.05, 4.69) is 10.5 Å². The van der Waals surface area contributed by atoms with E-state index in [0.717, 1.165) is 0 Å². The zero-order chi connectivity index (χ0) is 20.4. The Labute approximate surface area is 169 Å². The fourth-order valence-corrected chi connectivity index (χ4v) is 3.05. The molecule has 3 aromatic rings. The van der Waals surface area contributed by atoms with Crippen molar-refractivity contribution in [1.29, 1.82) is 0 Å². The molecule has 0 radical (unpaired) electrons. The van der Waals surface area contributed by atoms with Crippen LogP contribution in [0.2, 0.25) is 10.0 Å². The number of nitrogens with zero attached hydrogens (tertiary/aromatic N) is 1. The van der Waals surface area contributed by atoms with Crippen molar-refractivity contribution in [2.75, 3.05) is 12.4 Å². The molecule has 0 unspecified atom stereocenters. The van der Waals surface area contributed by atoms with Crippen molar-refractivity contribution in [3.63, 3.8) is 0 Å². The Bertz CT molecular complexity index is 1060. The molecule has 1 N–H and O–H groups in total. The quantitative estimate of drug-likeness (QED) is 0.588. The zero-order valence-corrected chi connectivity index (χ0v) is 16.2. The lowest BCUT2D eigenvalue weighted by Gasteiger charge is -2.11. The van der Waals surface area contributed by atoms with Crippen LogP contribution < -0.4 is 5.32 Å². The lowest BCUT2D eigenvalue weighted by molar-refractivity contribution is 0.0602. The van der Waals surface area contributed by atoms with E-state index in [0.29, 0.717) is 5.02 Å². The highest BCUT2D eigenvalue weighted by molar-refractivity contribution is 6.33. The first kappa shape index (κ1) is 19.9. The molecule has 3 rings (SSSR count). The summed E-state index contributed by atoms with van der Waals surface area (Å²) in [5.41, 5.74) is 0.0725.